The van der Waals surface area contributed by atoms with Gasteiger partial charge in [-0.2, -0.15) is 5.26 Å². The Balaban J connectivity index is 2.12. The van der Waals surface area contributed by atoms with Crippen LogP contribution in [0, 0.1) is 18.3 Å². The maximum Gasteiger partial charge on any atom is 0.250 e. The summed E-state index contributed by atoms with van der Waals surface area (Å²) in [5.41, 5.74) is 1.99. The third-order valence-electron chi connectivity index (χ3n) is 2.51. The molecule has 0 aliphatic heterocycles. The van der Waals surface area contributed by atoms with Gasteiger partial charge < -0.3 is 0 Å². The maximum absolute atomic E-state index is 12.0. The zero-order chi connectivity index (χ0) is 13.9. The Bertz CT molecular complexity index is 727. The number of hydrogen-bond donors (Lipinski definition) is 1. The highest BCUT2D eigenvalue weighted by Crippen LogP contribution is 2.20. The van der Waals surface area contributed by atoms with Gasteiger partial charge in [0.1, 0.15) is 15.2 Å². The summed E-state index contributed by atoms with van der Waals surface area (Å²) < 4.78 is 26.7. The minimum atomic E-state index is -3.54. The summed E-state index contributed by atoms with van der Waals surface area (Å²) >= 11 is 0.967. The third kappa shape index (κ3) is 3.41. The lowest BCUT2D eigenvalue weighted by Gasteiger charge is -2.05. The van der Waals surface area contributed by atoms with Gasteiger partial charge in [0, 0.05) is 6.54 Å². The van der Waals surface area contributed by atoms with Crippen LogP contribution in [-0.2, 0) is 16.6 Å². The number of benzene rings is 1. The monoisotopic (exact) mass is 292 g/mol. The molecule has 0 unspecified atom stereocenters. The van der Waals surface area contributed by atoms with Crippen molar-refractivity contribution in [3.05, 3.63) is 52.4 Å². The number of nitriles is 1. The molecule has 2 aromatic rings. The van der Waals surface area contributed by atoms with Crippen molar-refractivity contribution in [3.8, 4) is 6.07 Å². The number of aryl methyl sites for hydroxylation is 1. The number of rotatable bonds is 4. The highest BCUT2D eigenvalue weighted by molar-refractivity contribution is 7.91. The molecule has 0 bridgehead atoms. The fourth-order valence-corrected chi connectivity index (χ4v) is 3.76. The molecule has 4 nitrogen and oxygen atoms in total. The van der Waals surface area contributed by atoms with E-state index in [-0.39, 0.29) is 10.8 Å². The fraction of sp³-hybridized carbons (Fsp3) is 0.154. The second-order valence-corrected chi connectivity index (χ2v) is 7.12. The predicted octanol–water partition coefficient (Wildman–Crippen LogP) is 2.41. The van der Waals surface area contributed by atoms with Gasteiger partial charge in [-0.25, -0.2) is 13.1 Å². The van der Waals surface area contributed by atoms with Gasteiger partial charge in [-0.15, -0.1) is 11.3 Å². The lowest BCUT2D eigenvalue weighted by atomic mass is 10.1. The summed E-state index contributed by atoms with van der Waals surface area (Å²) in [4.78, 5) is 0.385. The summed E-state index contributed by atoms with van der Waals surface area (Å²) in [5, 5.41) is 8.70. The average Bonchev–Trinajstić information content (AvgIpc) is 2.86. The van der Waals surface area contributed by atoms with Crippen molar-refractivity contribution in [1.82, 2.24) is 4.72 Å². The zero-order valence-corrected chi connectivity index (χ0v) is 11.9. The van der Waals surface area contributed by atoms with Crippen molar-refractivity contribution in [1.29, 1.82) is 5.26 Å². The molecule has 0 fully saturated rings. The Morgan fingerprint density at radius 2 is 2.11 bits per heavy atom. The third-order valence-corrected chi connectivity index (χ3v) is 5.39. The van der Waals surface area contributed by atoms with Gasteiger partial charge in [-0.05, 0) is 24.6 Å². The SMILES string of the molecule is Cc1cccc(CNS(=O)(=O)c2ccc(C#N)s2)c1. The van der Waals surface area contributed by atoms with E-state index in [1.165, 1.54) is 12.1 Å². The van der Waals surface area contributed by atoms with Gasteiger partial charge in [0.25, 0.3) is 0 Å². The standard InChI is InChI=1S/C13H12N2O2S2/c1-10-3-2-4-11(7-10)9-15-19(16,17)13-6-5-12(8-14)18-13/h2-7,15H,9H2,1H3. The number of sulfonamides is 1. The van der Waals surface area contributed by atoms with Gasteiger partial charge in [0.2, 0.25) is 10.0 Å². The Kier molecular flexibility index (Phi) is 4.00. The molecule has 0 aliphatic rings. The molecule has 1 heterocycles. The van der Waals surface area contributed by atoms with Crippen molar-refractivity contribution in [2.75, 3.05) is 0 Å². The highest BCUT2D eigenvalue weighted by Gasteiger charge is 2.16. The molecule has 98 valence electrons. The summed E-state index contributed by atoms with van der Waals surface area (Å²) in [7, 11) is -3.54. The normalized spacial score (nSPS) is 11.2. The Morgan fingerprint density at radius 1 is 1.32 bits per heavy atom. The molecule has 0 amide bonds. The quantitative estimate of drug-likeness (QED) is 0.940. The smallest absolute Gasteiger partial charge is 0.206 e. The van der Waals surface area contributed by atoms with Crippen LogP contribution in [-0.4, -0.2) is 8.42 Å². The van der Waals surface area contributed by atoms with E-state index in [2.05, 4.69) is 4.72 Å². The summed E-state index contributed by atoms with van der Waals surface area (Å²) in [6, 6.07) is 12.5. The van der Waals surface area contributed by atoms with E-state index < -0.39 is 10.0 Å². The molecule has 1 N–H and O–H groups in total. The molecule has 19 heavy (non-hydrogen) atoms. The van der Waals surface area contributed by atoms with Crippen LogP contribution in [0.2, 0.25) is 0 Å². The second-order valence-electron chi connectivity index (χ2n) is 4.04. The highest BCUT2D eigenvalue weighted by atomic mass is 32.2. The minimum Gasteiger partial charge on any atom is -0.206 e. The lowest BCUT2D eigenvalue weighted by molar-refractivity contribution is 0.583. The van der Waals surface area contributed by atoms with E-state index in [0.29, 0.717) is 4.88 Å². The number of nitrogens with zero attached hydrogens (tertiary/aromatic N) is 1. The molecule has 2 rings (SSSR count). The first kappa shape index (κ1) is 13.7. The molecule has 0 spiro atoms. The van der Waals surface area contributed by atoms with Gasteiger partial charge in [0.15, 0.2) is 0 Å². The number of nitrogens with one attached hydrogen (secondary N) is 1. The van der Waals surface area contributed by atoms with E-state index in [4.69, 9.17) is 5.26 Å². The minimum absolute atomic E-state index is 0.164. The summed E-state index contributed by atoms with van der Waals surface area (Å²) in [5.74, 6) is 0. The van der Waals surface area contributed by atoms with E-state index in [0.717, 1.165) is 22.5 Å². The number of hydrogen-bond acceptors (Lipinski definition) is 4. The van der Waals surface area contributed by atoms with Crippen LogP contribution >= 0.6 is 11.3 Å². The molecular formula is C13H12N2O2S2. The van der Waals surface area contributed by atoms with Crippen molar-refractivity contribution in [2.24, 2.45) is 0 Å². The predicted molar refractivity (Wildman–Crippen MR) is 74.2 cm³/mol. The van der Waals surface area contributed by atoms with Crippen LogP contribution in [0.25, 0.3) is 0 Å². The van der Waals surface area contributed by atoms with Crippen LogP contribution in [0.4, 0.5) is 0 Å². The van der Waals surface area contributed by atoms with Crippen molar-refractivity contribution >= 4 is 21.4 Å². The first-order chi connectivity index (χ1) is 9.01. The first-order valence-electron chi connectivity index (χ1n) is 5.56. The summed E-state index contributed by atoms with van der Waals surface area (Å²) in [6.45, 7) is 2.19. The van der Waals surface area contributed by atoms with Crippen LogP contribution in [0.1, 0.15) is 16.0 Å². The van der Waals surface area contributed by atoms with Gasteiger partial charge in [-0.3, -0.25) is 0 Å². The van der Waals surface area contributed by atoms with E-state index in [1.807, 2.05) is 37.3 Å². The van der Waals surface area contributed by atoms with Crippen LogP contribution in [0.3, 0.4) is 0 Å². The van der Waals surface area contributed by atoms with Gasteiger partial charge >= 0.3 is 0 Å². The van der Waals surface area contributed by atoms with Crippen molar-refractivity contribution in [2.45, 2.75) is 17.7 Å². The molecule has 6 heteroatoms. The maximum atomic E-state index is 12.0. The Morgan fingerprint density at radius 3 is 2.74 bits per heavy atom. The molecule has 0 aliphatic carbocycles. The molecule has 0 saturated heterocycles. The Labute approximate surface area is 116 Å². The number of thiophene rings is 1. The van der Waals surface area contributed by atoms with Crippen LogP contribution in [0.15, 0.2) is 40.6 Å². The summed E-state index contributed by atoms with van der Waals surface area (Å²) in [6.07, 6.45) is 0. The van der Waals surface area contributed by atoms with E-state index in [1.54, 1.807) is 0 Å². The largest absolute Gasteiger partial charge is 0.250 e. The average molecular weight is 292 g/mol. The van der Waals surface area contributed by atoms with Crippen molar-refractivity contribution in [3.63, 3.8) is 0 Å². The van der Waals surface area contributed by atoms with Crippen LogP contribution < -0.4 is 4.72 Å². The van der Waals surface area contributed by atoms with Crippen molar-refractivity contribution < 1.29 is 8.42 Å². The second kappa shape index (κ2) is 5.53. The molecule has 0 atom stereocenters. The molecule has 0 radical (unpaired) electrons. The lowest BCUT2D eigenvalue weighted by Crippen LogP contribution is -2.22. The molecule has 1 aromatic heterocycles. The zero-order valence-electron chi connectivity index (χ0n) is 10.3. The first-order valence-corrected chi connectivity index (χ1v) is 7.86. The molecule has 1 aromatic carbocycles. The van der Waals surface area contributed by atoms with E-state index in [9.17, 15) is 8.42 Å². The van der Waals surface area contributed by atoms with Gasteiger partial charge in [0.05, 0.1) is 0 Å². The van der Waals surface area contributed by atoms with Gasteiger partial charge in [-0.1, -0.05) is 29.8 Å². The molecule has 0 saturated carbocycles. The Hall–Kier alpha value is -1.68. The fourth-order valence-electron chi connectivity index (χ4n) is 1.60. The van der Waals surface area contributed by atoms with Crippen LogP contribution in [0.5, 0.6) is 0 Å². The topological polar surface area (TPSA) is 70.0 Å². The molecular weight excluding hydrogens is 280 g/mol. The van der Waals surface area contributed by atoms with E-state index >= 15 is 0 Å².